The van der Waals surface area contributed by atoms with Crippen LogP contribution in [0.2, 0.25) is 5.02 Å². The molecule has 0 radical (unpaired) electrons. The molecule has 0 fully saturated rings. The summed E-state index contributed by atoms with van der Waals surface area (Å²) in [6, 6.07) is 5.70. The van der Waals surface area contributed by atoms with Crippen molar-refractivity contribution in [3.63, 3.8) is 0 Å². The van der Waals surface area contributed by atoms with E-state index in [1.54, 1.807) is 0 Å². The third kappa shape index (κ3) is 4.15. The van der Waals surface area contributed by atoms with E-state index in [1.165, 1.54) is 5.56 Å². The van der Waals surface area contributed by atoms with Gasteiger partial charge in [-0.2, -0.15) is 5.10 Å². The minimum absolute atomic E-state index is 0. The quantitative estimate of drug-likeness (QED) is 0.829. The number of nitrogens with zero attached hydrogens (tertiary/aromatic N) is 1. The number of aryl methyl sites for hydroxylation is 3. The third-order valence-corrected chi connectivity index (χ3v) is 3.48. The van der Waals surface area contributed by atoms with Gasteiger partial charge in [0, 0.05) is 10.7 Å². The fraction of sp³-hybridized carbons (Fsp3) is 0.400. The highest BCUT2D eigenvalue weighted by Crippen LogP contribution is 2.22. The summed E-state index contributed by atoms with van der Waals surface area (Å²) in [4.78, 5) is 0. The molecule has 1 N–H and O–H groups in total. The minimum atomic E-state index is 0. The maximum absolute atomic E-state index is 5.91. The van der Waals surface area contributed by atoms with E-state index in [1.807, 2.05) is 32.0 Å². The number of aromatic amines is 1. The molecule has 1 heterocycles. The van der Waals surface area contributed by atoms with Crippen molar-refractivity contribution in [2.24, 2.45) is 0 Å². The van der Waals surface area contributed by atoms with Crippen LogP contribution in [0.5, 0.6) is 5.75 Å². The van der Waals surface area contributed by atoms with Crippen molar-refractivity contribution in [2.75, 3.05) is 6.61 Å². The first kappa shape index (κ1) is 16.9. The Hall–Kier alpha value is -1.19. The molecule has 0 amide bonds. The molecule has 0 aliphatic carbocycles. The molecule has 2 aromatic rings. The molecule has 2 rings (SSSR count). The van der Waals surface area contributed by atoms with Crippen molar-refractivity contribution in [1.29, 1.82) is 0 Å². The first-order valence-electron chi connectivity index (χ1n) is 6.47. The van der Waals surface area contributed by atoms with Crippen molar-refractivity contribution in [1.82, 2.24) is 10.2 Å². The summed E-state index contributed by atoms with van der Waals surface area (Å²) in [6.07, 6.45) is 1.96. The van der Waals surface area contributed by atoms with E-state index in [9.17, 15) is 0 Å². The zero-order chi connectivity index (χ0) is 13.8. The van der Waals surface area contributed by atoms with Crippen molar-refractivity contribution < 1.29 is 4.74 Å². The number of H-pyrrole nitrogens is 1. The molecule has 0 aliphatic heterocycles. The van der Waals surface area contributed by atoms with Gasteiger partial charge in [-0.15, -0.1) is 12.4 Å². The lowest BCUT2D eigenvalue weighted by Gasteiger charge is -2.09. The van der Waals surface area contributed by atoms with Crippen LogP contribution in [-0.4, -0.2) is 16.8 Å². The monoisotopic (exact) mass is 314 g/mol. The molecular weight excluding hydrogens is 295 g/mol. The summed E-state index contributed by atoms with van der Waals surface area (Å²) in [5.41, 5.74) is 4.61. The Balaban J connectivity index is 0.00000200. The normalized spacial score (nSPS) is 10.2. The van der Waals surface area contributed by atoms with Crippen LogP contribution in [0.4, 0.5) is 0 Å². The number of ether oxygens (including phenoxy) is 1. The maximum Gasteiger partial charge on any atom is 0.122 e. The topological polar surface area (TPSA) is 37.9 Å². The second kappa shape index (κ2) is 7.55. The van der Waals surface area contributed by atoms with Crippen molar-refractivity contribution in [3.8, 4) is 5.75 Å². The molecule has 0 atom stereocenters. The third-order valence-electron chi connectivity index (χ3n) is 3.25. The van der Waals surface area contributed by atoms with Crippen LogP contribution in [0.3, 0.4) is 0 Å². The fourth-order valence-corrected chi connectivity index (χ4v) is 2.37. The maximum atomic E-state index is 5.91. The lowest BCUT2D eigenvalue weighted by molar-refractivity contribution is 0.309. The largest absolute Gasteiger partial charge is 0.493 e. The van der Waals surface area contributed by atoms with E-state index in [4.69, 9.17) is 16.3 Å². The molecule has 1 aromatic carbocycles. The lowest BCUT2D eigenvalue weighted by Crippen LogP contribution is -2.01. The summed E-state index contributed by atoms with van der Waals surface area (Å²) in [5, 5.41) is 7.95. The van der Waals surface area contributed by atoms with Gasteiger partial charge >= 0.3 is 0 Å². The summed E-state index contributed by atoms with van der Waals surface area (Å²) in [5.74, 6) is 0.907. The van der Waals surface area contributed by atoms with Crippen LogP contribution in [0.1, 0.15) is 28.9 Å². The number of benzene rings is 1. The van der Waals surface area contributed by atoms with Crippen LogP contribution in [0, 0.1) is 20.8 Å². The molecule has 0 spiro atoms. The minimum Gasteiger partial charge on any atom is -0.493 e. The number of hydrogen-bond donors (Lipinski definition) is 1. The molecule has 110 valence electrons. The fourth-order valence-electron chi connectivity index (χ4n) is 2.15. The number of hydrogen-bond acceptors (Lipinski definition) is 2. The van der Waals surface area contributed by atoms with Gasteiger partial charge in [-0.1, -0.05) is 11.6 Å². The van der Waals surface area contributed by atoms with E-state index in [-0.39, 0.29) is 12.4 Å². The SMILES string of the molecule is Cc1cc(Cl)ccc1OCCCc1c(C)n[nH]c1C.Cl. The molecule has 0 saturated carbocycles. The van der Waals surface area contributed by atoms with Crippen LogP contribution in [0.15, 0.2) is 18.2 Å². The molecule has 0 aliphatic rings. The average molecular weight is 315 g/mol. The van der Waals surface area contributed by atoms with Crippen molar-refractivity contribution in [2.45, 2.75) is 33.6 Å². The Bertz CT molecular complexity index is 547. The Morgan fingerprint density at radius 2 is 2.00 bits per heavy atom. The summed E-state index contributed by atoms with van der Waals surface area (Å²) < 4.78 is 5.78. The smallest absolute Gasteiger partial charge is 0.122 e. The van der Waals surface area contributed by atoms with E-state index in [0.717, 1.165) is 40.6 Å². The predicted molar refractivity (Wildman–Crippen MR) is 85.3 cm³/mol. The van der Waals surface area contributed by atoms with Gasteiger partial charge in [0.1, 0.15) is 5.75 Å². The number of halogens is 2. The van der Waals surface area contributed by atoms with Gasteiger partial charge in [0.2, 0.25) is 0 Å². The highest BCUT2D eigenvalue weighted by Gasteiger charge is 2.06. The molecule has 0 bridgehead atoms. The first-order valence-corrected chi connectivity index (χ1v) is 6.85. The zero-order valence-corrected chi connectivity index (χ0v) is 13.6. The van der Waals surface area contributed by atoms with Gasteiger partial charge in [0.25, 0.3) is 0 Å². The van der Waals surface area contributed by atoms with Crippen LogP contribution < -0.4 is 4.74 Å². The molecule has 20 heavy (non-hydrogen) atoms. The molecule has 0 saturated heterocycles. The van der Waals surface area contributed by atoms with Gasteiger partial charge < -0.3 is 4.74 Å². The van der Waals surface area contributed by atoms with Gasteiger partial charge in [-0.25, -0.2) is 0 Å². The van der Waals surface area contributed by atoms with Gasteiger partial charge in [-0.05, 0) is 62.9 Å². The second-order valence-corrected chi connectivity index (χ2v) is 5.21. The molecule has 1 aromatic heterocycles. The van der Waals surface area contributed by atoms with E-state index in [2.05, 4.69) is 17.1 Å². The first-order chi connectivity index (χ1) is 9.08. The van der Waals surface area contributed by atoms with E-state index < -0.39 is 0 Å². The average Bonchev–Trinajstić information content (AvgIpc) is 2.68. The molecule has 3 nitrogen and oxygen atoms in total. The summed E-state index contributed by atoms with van der Waals surface area (Å²) in [6.45, 7) is 6.79. The lowest BCUT2D eigenvalue weighted by atomic mass is 10.1. The van der Waals surface area contributed by atoms with E-state index in [0.29, 0.717) is 6.61 Å². The number of aromatic nitrogens is 2. The predicted octanol–water partition coefficient (Wildman–Crippen LogP) is 4.42. The summed E-state index contributed by atoms with van der Waals surface area (Å²) in [7, 11) is 0. The standard InChI is InChI=1S/C15H19ClN2O.ClH/c1-10-9-13(16)6-7-15(10)19-8-4-5-14-11(2)17-18-12(14)3;/h6-7,9H,4-5,8H2,1-3H3,(H,17,18);1H. The Morgan fingerprint density at radius 1 is 1.25 bits per heavy atom. The van der Waals surface area contributed by atoms with Gasteiger partial charge in [0.15, 0.2) is 0 Å². The highest BCUT2D eigenvalue weighted by atomic mass is 35.5. The number of rotatable bonds is 5. The second-order valence-electron chi connectivity index (χ2n) is 4.77. The highest BCUT2D eigenvalue weighted by molar-refractivity contribution is 6.30. The Morgan fingerprint density at radius 3 is 2.60 bits per heavy atom. The van der Waals surface area contributed by atoms with Crippen LogP contribution in [-0.2, 0) is 6.42 Å². The van der Waals surface area contributed by atoms with Crippen molar-refractivity contribution in [3.05, 3.63) is 45.7 Å². The summed E-state index contributed by atoms with van der Waals surface area (Å²) >= 11 is 5.91. The van der Waals surface area contributed by atoms with Gasteiger partial charge in [-0.3, -0.25) is 5.10 Å². The Kier molecular flexibility index (Phi) is 6.37. The molecular formula is C15H20Cl2N2O. The van der Waals surface area contributed by atoms with Gasteiger partial charge in [0.05, 0.1) is 12.3 Å². The number of nitrogens with one attached hydrogen (secondary N) is 1. The van der Waals surface area contributed by atoms with E-state index >= 15 is 0 Å². The molecule has 0 unspecified atom stereocenters. The van der Waals surface area contributed by atoms with Crippen molar-refractivity contribution >= 4 is 24.0 Å². The Labute approximate surface area is 131 Å². The van der Waals surface area contributed by atoms with Crippen LogP contribution >= 0.6 is 24.0 Å². The molecule has 5 heteroatoms. The van der Waals surface area contributed by atoms with Crippen LogP contribution in [0.25, 0.3) is 0 Å². The zero-order valence-electron chi connectivity index (χ0n) is 12.0.